The third-order valence-corrected chi connectivity index (χ3v) is 6.50. The molecule has 28 heavy (non-hydrogen) atoms. The van der Waals surface area contributed by atoms with Crippen LogP contribution < -0.4 is 5.43 Å². The molecule has 142 valence electrons. The summed E-state index contributed by atoms with van der Waals surface area (Å²) in [6.45, 7) is 7.25. The Kier molecular flexibility index (Phi) is 3.21. The number of nitrogens with zero attached hydrogens (tertiary/aromatic N) is 4. The molecular weight excluding hydrogens is 350 g/mol. The molecule has 0 amide bonds. The lowest BCUT2D eigenvalue weighted by Gasteiger charge is -2.40. The van der Waals surface area contributed by atoms with E-state index in [9.17, 15) is 0 Å². The first-order valence-corrected chi connectivity index (χ1v) is 9.90. The van der Waals surface area contributed by atoms with Gasteiger partial charge in [0.25, 0.3) is 0 Å². The summed E-state index contributed by atoms with van der Waals surface area (Å²) in [7, 11) is 0. The van der Waals surface area contributed by atoms with Crippen molar-refractivity contribution in [2.75, 3.05) is 25.1 Å². The first-order valence-electron chi connectivity index (χ1n) is 9.90. The van der Waals surface area contributed by atoms with E-state index >= 15 is 0 Å². The molecule has 2 aliphatic heterocycles. The van der Waals surface area contributed by atoms with Crippen LogP contribution in [0.5, 0.6) is 0 Å². The molecule has 1 spiro atoms. The van der Waals surface area contributed by atoms with Crippen LogP contribution >= 0.6 is 0 Å². The summed E-state index contributed by atoms with van der Waals surface area (Å²) < 4.78 is 5.67. The second-order valence-corrected chi connectivity index (χ2v) is 8.34. The van der Waals surface area contributed by atoms with Crippen molar-refractivity contribution in [2.24, 2.45) is 5.92 Å². The normalized spacial score (nSPS) is 26.1. The fraction of sp³-hybridized carbons (Fsp3) is 0.364. The van der Waals surface area contributed by atoms with E-state index in [0.29, 0.717) is 11.4 Å². The van der Waals surface area contributed by atoms with E-state index < -0.39 is 0 Å². The standard InChI is InChI=1S/C22H23N5O/c1-14-12-26-5-6-27(13-22(26)9-19(14)22)25-21-8-18-7-16(3-4-17(18)10-24-21)20-11-23-15(2)28-20/h3-4,7-8,10-12,19H,5-6,9,13H2,1-2H3,(H,24,25). The zero-order valence-corrected chi connectivity index (χ0v) is 16.1. The highest BCUT2D eigenvalue weighted by Crippen LogP contribution is 2.58. The molecule has 1 aliphatic carbocycles. The van der Waals surface area contributed by atoms with E-state index in [1.165, 1.54) is 6.42 Å². The van der Waals surface area contributed by atoms with Crippen molar-refractivity contribution in [3.8, 4) is 11.3 Å². The molecule has 2 aromatic heterocycles. The summed E-state index contributed by atoms with van der Waals surface area (Å²) in [5.41, 5.74) is 6.46. The molecule has 1 saturated carbocycles. The molecule has 1 saturated heterocycles. The van der Waals surface area contributed by atoms with E-state index in [1.807, 2.05) is 13.1 Å². The summed E-state index contributed by atoms with van der Waals surface area (Å²) in [6.07, 6.45) is 7.37. The number of anilines is 1. The van der Waals surface area contributed by atoms with Crippen molar-refractivity contribution >= 4 is 16.6 Å². The highest BCUT2D eigenvalue weighted by molar-refractivity contribution is 5.87. The molecule has 4 heterocycles. The Balaban J connectivity index is 1.25. The Labute approximate surface area is 163 Å². The molecular formula is C22H23N5O. The summed E-state index contributed by atoms with van der Waals surface area (Å²) in [4.78, 5) is 11.4. The average molecular weight is 373 g/mol. The first kappa shape index (κ1) is 16.1. The van der Waals surface area contributed by atoms with Crippen LogP contribution in [0.25, 0.3) is 22.1 Å². The number of pyridine rings is 1. The molecule has 2 fully saturated rings. The van der Waals surface area contributed by atoms with Crippen molar-refractivity contribution in [1.29, 1.82) is 0 Å². The maximum absolute atomic E-state index is 5.67. The van der Waals surface area contributed by atoms with Crippen LogP contribution in [0.1, 0.15) is 19.2 Å². The van der Waals surface area contributed by atoms with Gasteiger partial charge in [0.2, 0.25) is 0 Å². The maximum atomic E-state index is 5.67. The molecule has 6 rings (SSSR count). The van der Waals surface area contributed by atoms with Gasteiger partial charge in [0.05, 0.1) is 11.7 Å². The monoisotopic (exact) mass is 373 g/mol. The zero-order chi connectivity index (χ0) is 18.9. The van der Waals surface area contributed by atoms with Crippen LogP contribution in [0, 0.1) is 12.8 Å². The number of fused-ring (bicyclic) bond motifs is 1. The highest BCUT2D eigenvalue weighted by atomic mass is 16.4. The molecule has 2 unspecified atom stereocenters. The van der Waals surface area contributed by atoms with E-state index in [-0.39, 0.29) is 0 Å². The first-order chi connectivity index (χ1) is 13.6. The number of nitrogens with one attached hydrogen (secondary N) is 1. The molecule has 0 bridgehead atoms. The number of piperazine rings is 1. The van der Waals surface area contributed by atoms with Gasteiger partial charge in [-0.1, -0.05) is 17.7 Å². The second-order valence-electron chi connectivity index (χ2n) is 8.34. The number of oxazole rings is 1. The Morgan fingerprint density at radius 2 is 2.04 bits per heavy atom. The largest absolute Gasteiger partial charge is 0.441 e. The lowest BCUT2D eigenvalue weighted by molar-refractivity contribution is 0.117. The van der Waals surface area contributed by atoms with Crippen molar-refractivity contribution in [2.45, 2.75) is 25.8 Å². The quantitative estimate of drug-likeness (QED) is 0.753. The Morgan fingerprint density at radius 3 is 2.86 bits per heavy atom. The van der Waals surface area contributed by atoms with Crippen LogP contribution in [0.2, 0.25) is 0 Å². The van der Waals surface area contributed by atoms with Gasteiger partial charge >= 0.3 is 0 Å². The highest BCUT2D eigenvalue weighted by Gasteiger charge is 2.63. The zero-order valence-electron chi connectivity index (χ0n) is 16.1. The number of hydrogen-bond acceptors (Lipinski definition) is 6. The summed E-state index contributed by atoms with van der Waals surface area (Å²) in [6, 6.07) is 8.39. The van der Waals surface area contributed by atoms with Crippen molar-refractivity contribution in [3.05, 3.63) is 54.3 Å². The third-order valence-electron chi connectivity index (χ3n) is 6.50. The van der Waals surface area contributed by atoms with Gasteiger partial charge in [0.1, 0.15) is 5.82 Å². The maximum Gasteiger partial charge on any atom is 0.191 e. The predicted molar refractivity (Wildman–Crippen MR) is 108 cm³/mol. The SMILES string of the molecule is CC1=CN2CCN(Nc3cc4cc(-c5cnc(C)o5)ccc4cn3)CC23CC13. The number of benzene rings is 1. The average Bonchev–Trinajstić information content (AvgIpc) is 3.11. The topological polar surface area (TPSA) is 57.4 Å². The molecule has 1 N–H and O–H groups in total. The number of rotatable bonds is 3. The van der Waals surface area contributed by atoms with Gasteiger partial charge < -0.3 is 14.7 Å². The molecule has 1 aromatic carbocycles. The third kappa shape index (κ3) is 2.37. The van der Waals surface area contributed by atoms with Crippen molar-refractivity contribution in [3.63, 3.8) is 0 Å². The number of aryl methyl sites for hydroxylation is 1. The molecule has 2 atom stereocenters. The second kappa shape index (κ2) is 5.58. The Bertz CT molecular complexity index is 1120. The fourth-order valence-corrected chi connectivity index (χ4v) is 4.96. The number of aromatic nitrogens is 2. The lowest BCUT2D eigenvalue weighted by Crippen LogP contribution is -2.54. The van der Waals surface area contributed by atoms with Crippen LogP contribution in [-0.2, 0) is 0 Å². The minimum atomic E-state index is 0.337. The van der Waals surface area contributed by atoms with Gasteiger partial charge in [-0.15, -0.1) is 0 Å². The summed E-state index contributed by atoms with van der Waals surface area (Å²) in [5.74, 6) is 3.11. The Morgan fingerprint density at radius 1 is 1.11 bits per heavy atom. The molecule has 3 aromatic rings. The van der Waals surface area contributed by atoms with E-state index in [4.69, 9.17) is 4.42 Å². The Hall–Kier alpha value is -2.86. The molecule has 3 aliphatic rings. The van der Waals surface area contributed by atoms with E-state index in [1.54, 1.807) is 11.8 Å². The van der Waals surface area contributed by atoms with E-state index in [2.05, 4.69) is 62.7 Å². The van der Waals surface area contributed by atoms with Gasteiger partial charge in [-0.05, 0) is 37.1 Å². The predicted octanol–water partition coefficient (Wildman–Crippen LogP) is 3.82. The summed E-state index contributed by atoms with van der Waals surface area (Å²) in [5, 5.41) is 4.59. The number of hydrogen-bond donors (Lipinski definition) is 1. The van der Waals surface area contributed by atoms with Crippen LogP contribution in [0.4, 0.5) is 5.82 Å². The van der Waals surface area contributed by atoms with Gasteiger partial charge in [-0.3, -0.25) is 0 Å². The molecule has 6 heteroatoms. The van der Waals surface area contributed by atoms with Crippen LogP contribution in [-0.4, -0.2) is 45.0 Å². The minimum Gasteiger partial charge on any atom is -0.441 e. The van der Waals surface area contributed by atoms with Crippen molar-refractivity contribution in [1.82, 2.24) is 19.9 Å². The van der Waals surface area contributed by atoms with Crippen LogP contribution in [0.15, 0.2) is 52.8 Å². The van der Waals surface area contributed by atoms with Gasteiger partial charge in [0.15, 0.2) is 11.7 Å². The minimum absolute atomic E-state index is 0.337. The summed E-state index contributed by atoms with van der Waals surface area (Å²) >= 11 is 0. The van der Waals surface area contributed by atoms with E-state index in [0.717, 1.165) is 53.5 Å². The lowest BCUT2D eigenvalue weighted by atomic mass is 10.1. The molecule has 0 radical (unpaired) electrons. The van der Waals surface area contributed by atoms with Crippen LogP contribution in [0.3, 0.4) is 0 Å². The fourth-order valence-electron chi connectivity index (χ4n) is 4.96. The van der Waals surface area contributed by atoms with Gasteiger partial charge in [-0.25, -0.2) is 15.0 Å². The van der Waals surface area contributed by atoms with Gasteiger partial charge in [0, 0.05) is 49.6 Å². The van der Waals surface area contributed by atoms with Crippen molar-refractivity contribution < 1.29 is 4.42 Å². The smallest absolute Gasteiger partial charge is 0.191 e. The molecule has 6 nitrogen and oxygen atoms in total. The number of hydrazine groups is 1. The van der Waals surface area contributed by atoms with Gasteiger partial charge in [-0.2, -0.15) is 0 Å².